The Morgan fingerprint density at radius 1 is 1.29 bits per heavy atom. The molecule has 2 aromatic heterocycles. The molecule has 0 saturated carbocycles. The zero-order chi connectivity index (χ0) is 19.7. The van der Waals surface area contributed by atoms with Crippen LogP contribution in [0.15, 0.2) is 33.2 Å². The van der Waals surface area contributed by atoms with Crippen LogP contribution in [0.4, 0.5) is 4.79 Å². The van der Waals surface area contributed by atoms with Gasteiger partial charge in [-0.15, -0.1) is 35.3 Å². The minimum absolute atomic E-state index is 0. The summed E-state index contributed by atoms with van der Waals surface area (Å²) in [5.41, 5.74) is 0.312. The third-order valence-electron chi connectivity index (χ3n) is 3.26. The molecule has 0 spiro atoms. The minimum Gasteiger partial charge on any atom is -0.444 e. The van der Waals surface area contributed by atoms with Crippen LogP contribution in [0.1, 0.15) is 32.9 Å². The molecule has 10 heteroatoms. The van der Waals surface area contributed by atoms with Gasteiger partial charge in [-0.05, 0) is 38.6 Å². The monoisotopic (exact) mass is 521 g/mol. The second-order valence-corrected chi connectivity index (χ2v) is 7.70. The van der Waals surface area contributed by atoms with Gasteiger partial charge in [-0.2, -0.15) is 0 Å². The van der Waals surface area contributed by atoms with Crippen LogP contribution < -0.4 is 16.0 Å². The van der Waals surface area contributed by atoms with Gasteiger partial charge in [-0.1, -0.05) is 6.07 Å². The summed E-state index contributed by atoms with van der Waals surface area (Å²) < 4.78 is 10.7. The number of hydrogen-bond acceptors (Lipinski definition) is 6. The largest absolute Gasteiger partial charge is 0.444 e. The van der Waals surface area contributed by atoms with Crippen LogP contribution in [-0.2, 0) is 11.3 Å². The van der Waals surface area contributed by atoms with Gasteiger partial charge < -0.3 is 25.1 Å². The number of aromatic nitrogens is 1. The van der Waals surface area contributed by atoms with Gasteiger partial charge in [-0.25, -0.2) is 9.78 Å². The molecule has 0 aliphatic carbocycles. The van der Waals surface area contributed by atoms with E-state index in [-0.39, 0.29) is 24.0 Å². The Hall–Kier alpha value is -1.82. The van der Waals surface area contributed by atoms with Gasteiger partial charge >= 0.3 is 6.09 Å². The average molecular weight is 521 g/mol. The topological polar surface area (TPSA) is 101 Å². The normalized spacial score (nSPS) is 11.5. The maximum atomic E-state index is 11.6. The lowest BCUT2D eigenvalue weighted by Gasteiger charge is -2.19. The second kappa shape index (κ2) is 11.9. The highest BCUT2D eigenvalue weighted by Gasteiger charge is 2.15. The van der Waals surface area contributed by atoms with Gasteiger partial charge in [0.1, 0.15) is 11.9 Å². The fraction of sp³-hybridized carbons (Fsp3) is 0.500. The number of ether oxygens (including phenoxy) is 1. The van der Waals surface area contributed by atoms with Gasteiger partial charge in [0.25, 0.3) is 0 Å². The molecule has 8 nitrogen and oxygen atoms in total. The molecule has 0 atom stereocenters. The SMILES string of the molecule is CN=C(NCCCNC(=O)OC(C)(C)C)NCc1coc(-c2cccs2)n1.I. The molecular weight excluding hydrogens is 493 g/mol. The van der Waals surface area contributed by atoms with Crippen LogP contribution in [-0.4, -0.2) is 42.8 Å². The number of rotatable bonds is 7. The Labute approximate surface area is 186 Å². The number of nitrogens with zero attached hydrogens (tertiary/aromatic N) is 2. The number of halogens is 1. The van der Waals surface area contributed by atoms with Gasteiger partial charge in [0.15, 0.2) is 5.96 Å². The molecule has 156 valence electrons. The van der Waals surface area contributed by atoms with Crippen molar-refractivity contribution in [2.24, 2.45) is 4.99 Å². The van der Waals surface area contributed by atoms with Crippen LogP contribution in [0.2, 0.25) is 0 Å². The fourth-order valence-electron chi connectivity index (χ4n) is 2.10. The first-order valence-electron chi connectivity index (χ1n) is 8.77. The highest BCUT2D eigenvalue weighted by Crippen LogP contribution is 2.23. The summed E-state index contributed by atoms with van der Waals surface area (Å²) in [6.07, 6.45) is 1.98. The lowest BCUT2D eigenvalue weighted by Crippen LogP contribution is -2.39. The van der Waals surface area contributed by atoms with Crippen molar-refractivity contribution in [3.8, 4) is 10.8 Å². The molecule has 0 radical (unpaired) electrons. The number of oxazole rings is 1. The van der Waals surface area contributed by atoms with E-state index in [9.17, 15) is 4.79 Å². The lowest BCUT2D eigenvalue weighted by atomic mass is 10.2. The Morgan fingerprint density at radius 3 is 2.68 bits per heavy atom. The van der Waals surface area contributed by atoms with Crippen LogP contribution in [0.5, 0.6) is 0 Å². The van der Waals surface area contributed by atoms with Crippen molar-refractivity contribution in [1.29, 1.82) is 0 Å². The second-order valence-electron chi connectivity index (χ2n) is 6.76. The quantitative estimate of drug-likeness (QED) is 0.223. The highest BCUT2D eigenvalue weighted by atomic mass is 127. The van der Waals surface area contributed by atoms with E-state index in [1.807, 2.05) is 38.3 Å². The van der Waals surface area contributed by atoms with Crippen LogP contribution in [0.3, 0.4) is 0 Å². The third-order valence-corrected chi connectivity index (χ3v) is 4.12. The molecule has 0 unspecified atom stereocenters. The summed E-state index contributed by atoms with van der Waals surface area (Å²) in [7, 11) is 1.70. The number of amides is 1. The Kier molecular flexibility index (Phi) is 10.3. The van der Waals surface area contributed by atoms with Gasteiger partial charge in [-0.3, -0.25) is 4.99 Å². The summed E-state index contributed by atoms with van der Waals surface area (Å²) in [6.45, 7) is 7.19. The molecule has 2 rings (SSSR count). The van der Waals surface area contributed by atoms with Crippen molar-refractivity contribution >= 4 is 47.4 Å². The number of alkyl carbamates (subject to hydrolysis) is 1. The summed E-state index contributed by atoms with van der Waals surface area (Å²) in [5, 5.41) is 11.1. The van der Waals surface area contributed by atoms with E-state index >= 15 is 0 Å². The number of thiophene rings is 1. The molecule has 0 aromatic carbocycles. The summed E-state index contributed by atoms with van der Waals surface area (Å²) in [4.78, 5) is 21.2. The summed E-state index contributed by atoms with van der Waals surface area (Å²) >= 11 is 1.59. The van der Waals surface area contributed by atoms with E-state index in [1.165, 1.54) is 0 Å². The molecule has 0 aliphatic heterocycles. The predicted molar refractivity (Wildman–Crippen MR) is 122 cm³/mol. The Morgan fingerprint density at radius 2 is 2.04 bits per heavy atom. The first kappa shape index (κ1) is 24.2. The molecule has 0 bridgehead atoms. The van der Waals surface area contributed by atoms with E-state index in [4.69, 9.17) is 9.15 Å². The minimum atomic E-state index is -0.487. The van der Waals surface area contributed by atoms with Crippen molar-refractivity contribution < 1.29 is 13.9 Å². The Balaban J connectivity index is 0.00000392. The number of nitrogens with one attached hydrogen (secondary N) is 3. The fourth-order valence-corrected chi connectivity index (χ4v) is 2.75. The van der Waals surface area contributed by atoms with Crippen molar-refractivity contribution in [2.75, 3.05) is 20.1 Å². The first-order chi connectivity index (χ1) is 12.9. The standard InChI is InChI=1S/C18H27N5O3S.HI/c1-18(2,3)26-17(24)21-9-6-8-20-16(19-4)22-11-13-12-25-15(23-13)14-7-5-10-27-14;/h5,7,10,12H,6,8-9,11H2,1-4H3,(H,21,24)(H2,19,20,22);1H. The number of guanidine groups is 1. The molecule has 1 amide bonds. The van der Waals surface area contributed by atoms with E-state index in [0.29, 0.717) is 31.5 Å². The van der Waals surface area contributed by atoms with Crippen LogP contribution in [0, 0.1) is 0 Å². The molecule has 2 aromatic rings. The number of aliphatic imine (C=N–C) groups is 1. The Bertz CT molecular complexity index is 741. The van der Waals surface area contributed by atoms with E-state index in [0.717, 1.165) is 17.0 Å². The van der Waals surface area contributed by atoms with Crippen molar-refractivity contribution in [3.63, 3.8) is 0 Å². The first-order valence-corrected chi connectivity index (χ1v) is 9.65. The molecule has 0 saturated heterocycles. The average Bonchev–Trinajstić information content (AvgIpc) is 3.26. The van der Waals surface area contributed by atoms with Crippen LogP contribution in [0.25, 0.3) is 10.8 Å². The summed E-state index contributed by atoms with van der Waals surface area (Å²) in [6, 6.07) is 3.94. The number of carbonyl (C=O) groups is 1. The van der Waals surface area contributed by atoms with E-state index in [1.54, 1.807) is 24.6 Å². The molecule has 0 aliphatic rings. The highest BCUT2D eigenvalue weighted by molar-refractivity contribution is 14.0. The molecule has 28 heavy (non-hydrogen) atoms. The maximum Gasteiger partial charge on any atom is 0.407 e. The van der Waals surface area contributed by atoms with Gasteiger partial charge in [0, 0.05) is 20.1 Å². The molecule has 0 fully saturated rings. The van der Waals surface area contributed by atoms with Crippen LogP contribution >= 0.6 is 35.3 Å². The zero-order valence-corrected chi connectivity index (χ0v) is 19.7. The predicted octanol–water partition coefficient (Wildman–Crippen LogP) is 3.60. The third kappa shape index (κ3) is 8.91. The van der Waals surface area contributed by atoms with Crippen molar-refractivity contribution in [2.45, 2.75) is 39.3 Å². The van der Waals surface area contributed by atoms with Gasteiger partial charge in [0.05, 0.1) is 17.1 Å². The van der Waals surface area contributed by atoms with E-state index in [2.05, 4.69) is 25.9 Å². The van der Waals surface area contributed by atoms with Gasteiger partial charge in [0.2, 0.25) is 5.89 Å². The molecule has 2 heterocycles. The van der Waals surface area contributed by atoms with Crippen molar-refractivity contribution in [1.82, 2.24) is 20.9 Å². The molecule has 3 N–H and O–H groups in total. The number of carbonyl (C=O) groups excluding carboxylic acids is 1. The van der Waals surface area contributed by atoms with E-state index < -0.39 is 11.7 Å². The van der Waals surface area contributed by atoms with Crippen molar-refractivity contribution in [3.05, 3.63) is 29.5 Å². The maximum absolute atomic E-state index is 11.6. The number of hydrogen-bond donors (Lipinski definition) is 3. The molecular formula is C18H28IN5O3S. The zero-order valence-electron chi connectivity index (χ0n) is 16.6. The summed E-state index contributed by atoms with van der Waals surface area (Å²) in [5.74, 6) is 1.28. The smallest absolute Gasteiger partial charge is 0.407 e. The lowest BCUT2D eigenvalue weighted by molar-refractivity contribution is 0.0527.